The fourth-order valence-corrected chi connectivity index (χ4v) is 6.65. The Morgan fingerprint density at radius 3 is 2.38 bits per heavy atom. The van der Waals surface area contributed by atoms with Crippen LogP contribution in [-0.4, -0.2) is 72.5 Å². The van der Waals surface area contributed by atoms with Gasteiger partial charge in [-0.05, 0) is 60.2 Å². The lowest BCUT2D eigenvalue weighted by Gasteiger charge is -2.37. The van der Waals surface area contributed by atoms with Crippen LogP contribution in [0.25, 0.3) is 0 Å². The summed E-state index contributed by atoms with van der Waals surface area (Å²) in [5.74, 6) is -0.348. The average Bonchev–Trinajstić information content (AvgIpc) is 3.42. The van der Waals surface area contributed by atoms with E-state index in [1.807, 2.05) is 29.2 Å². The van der Waals surface area contributed by atoms with E-state index in [1.165, 1.54) is 21.4 Å². The fourth-order valence-electron chi connectivity index (χ4n) is 5.69. The van der Waals surface area contributed by atoms with Gasteiger partial charge in [-0.3, -0.25) is 14.5 Å². The first-order valence-corrected chi connectivity index (χ1v) is 15.9. The maximum Gasteiger partial charge on any atom is 0.245 e. The second-order valence-electron chi connectivity index (χ2n) is 10.8. The van der Waals surface area contributed by atoms with Crippen molar-refractivity contribution in [3.05, 3.63) is 94.3 Å². The van der Waals surface area contributed by atoms with E-state index in [1.54, 1.807) is 30.5 Å². The standard InChI is InChI=1S/C30H35ClN4O4S/c1-40(38,39)35-14-4-7-27(35)21-33-15-17-34(18-16-33)30(37)28(19-22-8-12-26(31)13-9-22)32-29(36)25-11-10-23-5-2-3-6-24(23)20-25/h2-9,12-14,25,28H,10-11,15-21H2,1H3,(H,32,36)/t25-,28-/m1/s1. The van der Waals surface area contributed by atoms with Crippen molar-refractivity contribution in [1.29, 1.82) is 0 Å². The zero-order valence-electron chi connectivity index (χ0n) is 22.6. The van der Waals surface area contributed by atoms with Crippen LogP contribution in [-0.2, 0) is 45.4 Å². The third-order valence-corrected chi connectivity index (χ3v) is 9.23. The Kier molecular flexibility index (Phi) is 8.63. The molecule has 1 N–H and O–H groups in total. The van der Waals surface area contributed by atoms with Crippen molar-refractivity contribution in [1.82, 2.24) is 19.1 Å². The first kappa shape index (κ1) is 28.4. The number of rotatable bonds is 8. The quantitative estimate of drug-likeness (QED) is 0.441. The minimum Gasteiger partial charge on any atom is -0.344 e. The number of halogens is 1. The third kappa shape index (κ3) is 6.77. The molecule has 0 bridgehead atoms. The molecule has 0 unspecified atom stereocenters. The Bertz CT molecular complexity index is 1460. The number of fused-ring (bicyclic) bond motifs is 1. The number of piperazine rings is 1. The largest absolute Gasteiger partial charge is 0.344 e. The molecule has 1 fully saturated rings. The molecule has 10 heteroatoms. The van der Waals surface area contributed by atoms with Crippen LogP contribution in [0.15, 0.2) is 66.9 Å². The topological polar surface area (TPSA) is 91.7 Å². The van der Waals surface area contributed by atoms with E-state index in [2.05, 4.69) is 22.3 Å². The highest BCUT2D eigenvalue weighted by atomic mass is 35.5. The Labute approximate surface area is 241 Å². The van der Waals surface area contributed by atoms with Crippen molar-refractivity contribution < 1.29 is 18.0 Å². The van der Waals surface area contributed by atoms with Gasteiger partial charge >= 0.3 is 0 Å². The number of carbonyl (C=O) groups excluding carboxylic acids is 2. The SMILES string of the molecule is CS(=O)(=O)n1cccc1CN1CCN(C(=O)[C@@H](Cc2ccc(Cl)cc2)NC(=O)[C@@H]2CCc3ccccc3C2)CC1. The van der Waals surface area contributed by atoms with Crippen LogP contribution >= 0.6 is 11.6 Å². The molecule has 2 aromatic carbocycles. The van der Waals surface area contributed by atoms with Crippen molar-refractivity contribution >= 4 is 33.4 Å². The van der Waals surface area contributed by atoms with E-state index in [-0.39, 0.29) is 17.7 Å². The summed E-state index contributed by atoms with van der Waals surface area (Å²) in [6, 6.07) is 18.5. The summed E-state index contributed by atoms with van der Waals surface area (Å²) in [5.41, 5.74) is 4.12. The van der Waals surface area contributed by atoms with Gasteiger partial charge in [-0.25, -0.2) is 12.4 Å². The summed E-state index contributed by atoms with van der Waals surface area (Å²) < 4.78 is 25.4. The summed E-state index contributed by atoms with van der Waals surface area (Å²) >= 11 is 6.07. The third-order valence-electron chi connectivity index (χ3n) is 7.91. The number of hydrogen-bond acceptors (Lipinski definition) is 5. The molecule has 2 atom stereocenters. The van der Waals surface area contributed by atoms with Gasteiger partial charge in [0.1, 0.15) is 6.04 Å². The molecule has 0 radical (unpaired) electrons. The summed E-state index contributed by atoms with van der Waals surface area (Å²) in [5, 5.41) is 3.72. The van der Waals surface area contributed by atoms with Crippen molar-refractivity contribution in [3.8, 4) is 0 Å². The molecule has 1 saturated heterocycles. The van der Waals surface area contributed by atoms with Crippen molar-refractivity contribution in [2.45, 2.75) is 38.3 Å². The van der Waals surface area contributed by atoms with Crippen molar-refractivity contribution in [2.24, 2.45) is 5.92 Å². The Hall–Kier alpha value is -3.14. The molecule has 0 saturated carbocycles. The molecule has 0 spiro atoms. The van der Waals surface area contributed by atoms with Gasteiger partial charge in [-0.15, -0.1) is 0 Å². The minimum absolute atomic E-state index is 0.0815. The molecule has 212 valence electrons. The smallest absolute Gasteiger partial charge is 0.245 e. The Balaban J connectivity index is 1.25. The predicted octanol–water partition coefficient (Wildman–Crippen LogP) is 3.13. The molecule has 2 aliphatic rings. The van der Waals surface area contributed by atoms with E-state index in [9.17, 15) is 18.0 Å². The minimum atomic E-state index is -3.37. The molecular formula is C30H35ClN4O4S. The van der Waals surface area contributed by atoms with E-state index in [0.29, 0.717) is 56.3 Å². The van der Waals surface area contributed by atoms with Crippen molar-refractivity contribution in [3.63, 3.8) is 0 Å². The van der Waals surface area contributed by atoms with Crippen LogP contribution in [0.5, 0.6) is 0 Å². The van der Waals surface area contributed by atoms with E-state index < -0.39 is 16.1 Å². The lowest BCUT2D eigenvalue weighted by Crippen LogP contribution is -2.56. The molecule has 5 rings (SSSR count). The van der Waals surface area contributed by atoms with Crippen molar-refractivity contribution in [2.75, 3.05) is 32.4 Å². The molecule has 3 aromatic rings. The average molecular weight is 583 g/mol. The molecule has 8 nitrogen and oxygen atoms in total. The molecular weight excluding hydrogens is 548 g/mol. The van der Waals surface area contributed by atoms with E-state index >= 15 is 0 Å². The number of hydrogen-bond donors (Lipinski definition) is 1. The lowest BCUT2D eigenvalue weighted by atomic mass is 9.83. The number of aromatic nitrogens is 1. The first-order valence-electron chi connectivity index (χ1n) is 13.7. The lowest BCUT2D eigenvalue weighted by molar-refractivity contribution is -0.139. The number of nitrogens with zero attached hydrogens (tertiary/aromatic N) is 3. The van der Waals surface area contributed by atoms with Crippen LogP contribution < -0.4 is 5.32 Å². The normalized spacial score (nSPS) is 18.6. The van der Waals surface area contributed by atoms with Gasteiger partial charge in [-0.2, -0.15) is 0 Å². The number of carbonyl (C=O) groups is 2. The van der Waals surface area contributed by atoms with Gasteiger partial charge < -0.3 is 10.2 Å². The van der Waals surface area contributed by atoms with E-state index in [4.69, 9.17) is 11.6 Å². The van der Waals surface area contributed by atoms with E-state index in [0.717, 1.165) is 18.4 Å². The number of amides is 2. The summed E-state index contributed by atoms with van der Waals surface area (Å²) in [6.45, 7) is 2.71. The summed E-state index contributed by atoms with van der Waals surface area (Å²) in [6.07, 6.45) is 5.42. The fraction of sp³-hybridized carbons (Fsp3) is 0.400. The zero-order chi connectivity index (χ0) is 28.3. The van der Waals surface area contributed by atoms with Crippen LogP contribution in [0.2, 0.25) is 5.02 Å². The highest BCUT2D eigenvalue weighted by Gasteiger charge is 2.32. The maximum absolute atomic E-state index is 13.8. The Morgan fingerprint density at radius 1 is 0.975 bits per heavy atom. The number of benzene rings is 2. The van der Waals surface area contributed by atoms with Gasteiger partial charge in [0.15, 0.2) is 0 Å². The monoisotopic (exact) mass is 582 g/mol. The molecule has 40 heavy (non-hydrogen) atoms. The summed E-state index contributed by atoms with van der Waals surface area (Å²) in [7, 11) is -3.37. The molecule has 1 aliphatic heterocycles. The summed E-state index contributed by atoms with van der Waals surface area (Å²) in [4.78, 5) is 31.2. The van der Waals surface area contributed by atoms with Gasteiger partial charge in [0.25, 0.3) is 0 Å². The molecule has 1 aliphatic carbocycles. The zero-order valence-corrected chi connectivity index (χ0v) is 24.2. The van der Waals surface area contributed by atoms with Gasteiger partial charge in [-0.1, -0.05) is 48.0 Å². The molecule has 1 aromatic heterocycles. The van der Waals surface area contributed by atoms with Gasteiger partial charge in [0.05, 0.1) is 6.26 Å². The second kappa shape index (κ2) is 12.2. The van der Waals surface area contributed by atoms with Crippen LogP contribution in [0, 0.1) is 5.92 Å². The maximum atomic E-state index is 13.8. The first-order chi connectivity index (χ1) is 19.2. The Morgan fingerprint density at radius 2 is 1.68 bits per heavy atom. The van der Waals surface area contributed by atoms with Crippen LogP contribution in [0.4, 0.5) is 0 Å². The second-order valence-corrected chi connectivity index (χ2v) is 13.1. The molecule has 2 heterocycles. The van der Waals surface area contributed by atoms with Gasteiger partial charge in [0, 0.05) is 62.0 Å². The van der Waals surface area contributed by atoms with Crippen LogP contribution in [0.1, 0.15) is 28.8 Å². The predicted molar refractivity (Wildman–Crippen MR) is 156 cm³/mol. The van der Waals surface area contributed by atoms with Crippen LogP contribution in [0.3, 0.4) is 0 Å². The number of aryl methyl sites for hydroxylation is 1. The highest BCUT2D eigenvalue weighted by molar-refractivity contribution is 7.89. The van der Waals surface area contributed by atoms with Gasteiger partial charge in [0.2, 0.25) is 21.8 Å². The molecule has 2 amide bonds. The number of nitrogens with one attached hydrogen (secondary N) is 1. The highest BCUT2D eigenvalue weighted by Crippen LogP contribution is 2.26.